The van der Waals surface area contributed by atoms with Crippen LogP contribution in [0.15, 0.2) is 29.2 Å². The summed E-state index contributed by atoms with van der Waals surface area (Å²) in [6.45, 7) is 2.63. The highest BCUT2D eigenvalue weighted by atomic mass is 35.5. The topological polar surface area (TPSA) is 45.3 Å². The first-order valence-corrected chi connectivity index (χ1v) is 11.3. The fourth-order valence-electron chi connectivity index (χ4n) is 4.65. The van der Waals surface area contributed by atoms with Crippen molar-refractivity contribution in [2.45, 2.75) is 63.5 Å². The Morgan fingerprint density at radius 3 is 2.25 bits per heavy atom. The number of halogens is 1. The third kappa shape index (κ3) is 4.08. The SMILES string of the molecule is O=c1[nH]ccc2c(Cl)c(OC3CCC(N(CC4CC4)CC4CC4)CC3)ccc12. The molecule has 0 spiro atoms. The molecule has 3 fully saturated rings. The number of fused-ring (bicyclic) bond motifs is 1. The molecule has 3 saturated carbocycles. The molecule has 0 aliphatic heterocycles. The summed E-state index contributed by atoms with van der Waals surface area (Å²) < 4.78 is 6.29. The Morgan fingerprint density at radius 1 is 0.929 bits per heavy atom. The van der Waals surface area contributed by atoms with E-state index in [4.69, 9.17) is 16.3 Å². The van der Waals surface area contributed by atoms with Crippen molar-refractivity contribution >= 4 is 22.4 Å². The fourth-order valence-corrected chi connectivity index (χ4v) is 4.92. The predicted octanol–water partition coefficient (Wildman–Crippen LogP) is 4.99. The van der Waals surface area contributed by atoms with Crippen molar-refractivity contribution in [1.82, 2.24) is 9.88 Å². The van der Waals surface area contributed by atoms with E-state index in [1.807, 2.05) is 18.2 Å². The van der Waals surface area contributed by atoms with E-state index in [0.29, 0.717) is 16.2 Å². The van der Waals surface area contributed by atoms with E-state index in [0.717, 1.165) is 36.1 Å². The van der Waals surface area contributed by atoms with Crippen LogP contribution in [0, 0.1) is 11.8 Å². The normalized spacial score (nSPS) is 25.4. The van der Waals surface area contributed by atoms with Crippen molar-refractivity contribution in [2.75, 3.05) is 13.1 Å². The Balaban J connectivity index is 1.22. The summed E-state index contributed by atoms with van der Waals surface area (Å²) in [5.41, 5.74) is -0.113. The summed E-state index contributed by atoms with van der Waals surface area (Å²) in [5, 5.41) is 1.92. The molecular formula is C23H29ClN2O2. The third-order valence-electron chi connectivity index (χ3n) is 6.69. The summed E-state index contributed by atoms with van der Waals surface area (Å²) >= 11 is 6.55. The number of hydrogen-bond acceptors (Lipinski definition) is 3. The molecular weight excluding hydrogens is 372 g/mol. The number of aromatic amines is 1. The summed E-state index contributed by atoms with van der Waals surface area (Å²) in [5.74, 6) is 2.63. The second kappa shape index (κ2) is 7.72. The highest BCUT2D eigenvalue weighted by molar-refractivity contribution is 6.37. The number of nitrogens with one attached hydrogen (secondary N) is 1. The average Bonchev–Trinajstić information content (AvgIpc) is 3.61. The maximum absolute atomic E-state index is 11.9. The molecule has 2 aromatic rings. The van der Waals surface area contributed by atoms with E-state index in [2.05, 4.69) is 9.88 Å². The first kappa shape index (κ1) is 18.5. The van der Waals surface area contributed by atoms with Crippen LogP contribution in [0.1, 0.15) is 51.4 Å². The molecule has 0 bridgehead atoms. The number of ether oxygens (including phenoxy) is 1. The molecule has 0 saturated heterocycles. The summed E-state index contributed by atoms with van der Waals surface area (Å²) in [7, 11) is 0. The van der Waals surface area contributed by atoms with E-state index in [9.17, 15) is 4.79 Å². The smallest absolute Gasteiger partial charge is 0.255 e. The predicted molar refractivity (Wildman–Crippen MR) is 113 cm³/mol. The van der Waals surface area contributed by atoms with Gasteiger partial charge in [-0.3, -0.25) is 9.69 Å². The molecule has 3 aliphatic carbocycles. The van der Waals surface area contributed by atoms with Gasteiger partial charge in [0.05, 0.1) is 11.1 Å². The van der Waals surface area contributed by atoms with Gasteiger partial charge in [0.2, 0.25) is 0 Å². The number of H-pyrrole nitrogens is 1. The van der Waals surface area contributed by atoms with Gasteiger partial charge in [-0.1, -0.05) is 11.6 Å². The maximum Gasteiger partial charge on any atom is 0.255 e. The molecule has 150 valence electrons. The number of aromatic nitrogens is 1. The second-order valence-electron chi connectivity index (χ2n) is 9.03. The largest absolute Gasteiger partial charge is 0.489 e. The van der Waals surface area contributed by atoms with Gasteiger partial charge >= 0.3 is 0 Å². The summed E-state index contributed by atoms with van der Waals surface area (Å²) in [6.07, 6.45) is 12.2. The molecule has 28 heavy (non-hydrogen) atoms. The molecule has 1 heterocycles. The molecule has 0 atom stereocenters. The molecule has 4 nitrogen and oxygen atoms in total. The standard InChI is InChI=1S/C23H29ClN2O2/c24-22-19-11-12-25-23(27)20(19)9-10-21(22)28-18-7-5-17(6-8-18)26(13-15-1-2-15)14-16-3-4-16/h9-12,15-18H,1-8,13-14H2,(H,25,27). The van der Waals surface area contributed by atoms with Crippen molar-refractivity contribution in [2.24, 2.45) is 11.8 Å². The molecule has 1 aromatic heterocycles. The molecule has 0 unspecified atom stereocenters. The number of pyridine rings is 1. The van der Waals surface area contributed by atoms with Gasteiger partial charge in [0.1, 0.15) is 5.75 Å². The quantitative estimate of drug-likeness (QED) is 0.711. The van der Waals surface area contributed by atoms with Gasteiger partial charge in [0.25, 0.3) is 5.56 Å². The van der Waals surface area contributed by atoms with E-state index in [1.165, 1.54) is 51.6 Å². The Morgan fingerprint density at radius 2 is 1.61 bits per heavy atom. The van der Waals surface area contributed by atoms with Crippen molar-refractivity contribution < 1.29 is 4.74 Å². The number of benzene rings is 1. The van der Waals surface area contributed by atoms with Gasteiger partial charge < -0.3 is 9.72 Å². The molecule has 0 radical (unpaired) electrons. The highest BCUT2D eigenvalue weighted by Gasteiger charge is 2.34. The van der Waals surface area contributed by atoms with E-state index < -0.39 is 0 Å². The average molecular weight is 401 g/mol. The summed E-state index contributed by atoms with van der Waals surface area (Å²) in [4.78, 5) is 17.4. The van der Waals surface area contributed by atoms with Crippen LogP contribution < -0.4 is 10.3 Å². The van der Waals surface area contributed by atoms with Crippen LogP contribution in [-0.4, -0.2) is 35.1 Å². The molecule has 5 rings (SSSR count). The first-order chi connectivity index (χ1) is 13.7. The van der Waals surface area contributed by atoms with E-state index in [1.54, 1.807) is 6.20 Å². The zero-order valence-electron chi connectivity index (χ0n) is 16.3. The van der Waals surface area contributed by atoms with Gasteiger partial charge in [-0.05, 0) is 81.4 Å². The van der Waals surface area contributed by atoms with E-state index >= 15 is 0 Å². The minimum Gasteiger partial charge on any atom is -0.489 e. The van der Waals surface area contributed by atoms with Crippen LogP contribution in [0.2, 0.25) is 5.02 Å². The van der Waals surface area contributed by atoms with Gasteiger partial charge in [-0.2, -0.15) is 0 Å². The number of rotatable bonds is 7. The Hall–Kier alpha value is -1.52. The molecule has 0 amide bonds. The zero-order chi connectivity index (χ0) is 19.1. The maximum atomic E-state index is 11.9. The second-order valence-corrected chi connectivity index (χ2v) is 9.41. The lowest BCUT2D eigenvalue weighted by atomic mass is 9.91. The summed E-state index contributed by atoms with van der Waals surface area (Å²) in [6, 6.07) is 6.23. The minimum absolute atomic E-state index is 0.113. The Kier molecular flexibility index (Phi) is 5.10. The molecule has 5 heteroatoms. The highest BCUT2D eigenvalue weighted by Crippen LogP contribution is 2.38. The Bertz CT molecular complexity index is 881. The van der Waals surface area contributed by atoms with Crippen LogP contribution in [0.5, 0.6) is 5.75 Å². The van der Waals surface area contributed by atoms with Crippen molar-refractivity contribution in [3.8, 4) is 5.75 Å². The third-order valence-corrected chi connectivity index (χ3v) is 7.08. The van der Waals surface area contributed by atoms with Crippen molar-refractivity contribution in [3.63, 3.8) is 0 Å². The zero-order valence-corrected chi connectivity index (χ0v) is 17.1. The lowest BCUT2D eigenvalue weighted by Gasteiger charge is -2.37. The fraction of sp³-hybridized carbons (Fsp3) is 0.609. The van der Waals surface area contributed by atoms with Crippen LogP contribution in [-0.2, 0) is 0 Å². The number of nitrogens with zero attached hydrogens (tertiary/aromatic N) is 1. The van der Waals surface area contributed by atoms with E-state index in [-0.39, 0.29) is 11.7 Å². The lowest BCUT2D eigenvalue weighted by Crippen LogP contribution is -2.42. The van der Waals surface area contributed by atoms with Gasteiger partial charge in [-0.15, -0.1) is 0 Å². The van der Waals surface area contributed by atoms with Gasteiger partial charge in [0.15, 0.2) is 0 Å². The number of hydrogen-bond donors (Lipinski definition) is 1. The molecule has 1 N–H and O–H groups in total. The van der Waals surface area contributed by atoms with Crippen LogP contribution in [0.3, 0.4) is 0 Å². The van der Waals surface area contributed by atoms with Crippen molar-refractivity contribution in [3.05, 3.63) is 39.8 Å². The molecule has 3 aliphatic rings. The first-order valence-electron chi connectivity index (χ1n) is 10.9. The Labute approximate surface area is 171 Å². The van der Waals surface area contributed by atoms with Crippen LogP contribution in [0.25, 0.3) is 10.8 Å². The van der Waals surface area contributed by atoms with Crippen LogP contribution >= 0.6 is 11.6 Å². The monoisotopic (exact) mass is 400 g/mol. The van der Waals surface area contributed by atoms with Gasteiger partial charge in [-0.25, -0.2) is 0 Å². The minimum atomic E-state index is -0.113. The molecule has 1 aromatic carbocycles. The lowest BCUT2D eigenvalue weighted by molar-refractivity contribution is 0.0825. The van der Waals surface area contributed by atoms with Gasteiger partial charge in [0, 0.05) is 36.1 Å². The van der Waals surface area contributed by atoms with Crippen molar-refractivity contribution in [1.29, 1.82) is 0 Å². The van der Waals surface area contributed by atoms with Crippen LogP contribution in [0.4, 0.5) is 0 Å².